The second-order valence-corrected chi connectivity index (χ2v) is 9.00. The number of hydrogen-bond donors (Lipinski definition) is 2. The standard InChI is InChI=1S/C22H26F2N2O.C2H3F3/c1-22(2)7-5-19(6-8-22)26-13-15-4-3-14(12-20(15)24)16-9-17(21(25)27)11-18(23)10-16;1-2(3,4)5/h3-4,9-12,19,26H,5-8,13H2,1-2H3,(H2,25,27);1H3. The van der Waals surface area contributed by atoms with Gasteiger partial charge in [-0.1, -0.05) is 26.0 Å². The highest BCUT2D eigenvalue weighted by Gasteiger charge is 2.26. The Balaban J connectivity index is 0.000000654. The minimum atomic E-state index is -4.00. The molecule has 1 fully saturated rings. The number of primary amides is 1. The molecule has 3 rings (SSSR count). The van der Waals surface area contributed by atoms with Crippen LogP contribution in [0.2, 0.25) is 0 Å². The van der Waals surface area contributed by atoms with Gasteiger partial charge in [-0.15, -0.1) is 0 Å². The zero-order chi connectivity index (χ0) is 24.1. The fourth-order valence-electron chi connectivity index (χ4n) is 3.63. The molecule has 176 valence electrons. The van der Waals surface area contributed by atoms with E-state index in [-0.39, 0.29) is 18.3 Å². The van der Waals surface area contributed by atoms with E-state index < -0.39 is 17.9 Å². The number of alkyl halides is 3. The van der Waals surface area contributed by atoms with Crippen molar-refractivity contribution in [1.82, 2.24) is 5.32 Å². The van der Waals surface area contributed by atoms with Crippen LogP contribution in [0.15, 0.2) is 36.4 Å². The second kappa shape index (κ2) is 10.4. The lowest BCUT2D eigenvalue weighted by Gasteiger charge is -2.34. The van der Waals surface area contributed by atoms with Gasteiger partial charge in [-0.25, -0.2) is 8.78 Å². The van der Waals surface area contributed by atoms with Gasteiger partial charge < -0.3 is 11.1 Å². The first-order valence-electron chi connectivity index (χ1n) is 10.4. The summed E-state index contributed by atoms with van der Waals surface area (Å²) in [5.41, 5.74) is 7.21. The van der Waals surface area contributed by atoms with Crippen molar-refractivity contribution in [2.45, 2.75) is 65.2 Å². The van der Waals surface area contributed by atoms with Crippen LogP contribution < -0.4 is 11.1 Å². The van der Waals surface area contributed by atoms with E-state index in [9.17, 15) is 26.7 Å². The van der Waals surface area contributed by atoms with E-state index in [1.807, 2.05) is 0 Å². The number of rotatable bonds is 5. The molecule has 8 heteroatoms. The highest BCUT2D eigenvalue weighted by atomic mass is 19.4. The van der Waals surface area contributed by atoms with Crippen LogP contribution in [0.4, 0.5) is 22.0 Å². The second-order valence-electron chi connectivity index (χ2n) is 9.00. The lowest BCUT2D eigenvalue weighted by atomic mass is 9.75. The van der Waals surface area contributed by atoms with Gasteiger partial charge in [0, 0.05) is 30.6 Å². The van der Waals surface area contributed by atoms with E-state index in [1.54, 1.807) is 12.1 Å². The van der Waals surface area contributed by atoms with Gasteiger partial charge in [0.05, 0.1) is 0 Å². The SMILES string of the molecule is CC(F)(F)F.CC1(C)CCC(NCc2ccc(-c3cc(F)cc(C(N)=O)c3)cc2F)CC1. The molecule has 0 aromatic heterocycles. The van der Waals surface area contributed by atoms with Crippen molar-refractivity contribution in [1.29, 1.82) is 0 Å². The number of nitrogens with two attached hydrogens (primary N) is 1. The molecule has 1 saturated carbocycles. The Morgan fingerprint density at radius 2 is 1.66 bits per heavy atom. The Labute approximate surface area is 185 Å². The number of nitrogens with one attached hydrogen (secondary N) is 1. The van der Waals surface area contributed by atoms with Crippen LogP contribution in [-0.4, -0.2) is 18.1 Å². The predicted molar refractivity (Wildman–Crippen MR) is 115 cm³/mol. The summed E-state index contributed by atoms with van der Waals surface area (Å²) >= 11 is 0. The van der Waals surface area contributed by atoms with Gasteiger partial charge in [0.15, 0.2) is 0 Å². The van der Waals surface area contributed by atoms with Gasteiger partial charge in [-0.2, -0.15) is 13.2 Å². The van der Waals surface area contributed by atoms with Crippen LogP contribution in [0.25, 0.3) is 11.1 Å². The van der Waals surface area contributed by atoms with E-state index in [0.717, 1.165) is 18.9 Å². The van der Waals surface area contributed by atoms with E-state index in [4.69, 9.17) is 5.73 Å². The van der Waals surface area contributed by atoms with Crippen molar-refractivity contribution >= 4 is 5.91 Å². The number of carbonyl (C=O) groups excluding carboxylic acids is 1. The molecule has 0 spiro atoms. The van der Waals surface area contributed by atoms with E-state index in [2.05, 4.69) is 19.2 Å². The molecular weight excluding hydrogens is 427 g/mol. The van der Waals surface area contributed by atoms with Crippen molar-refractivity contribution in [3.8, 4) is 11.1 Å². The first-order chi connectivity index (χ1) is 14.7. The Bertz CT molecular complexity index is 924. The highest BCUT2D eigenvalue weighted by molar-refractivity contribution is 5.94. The molecule has 0 unspecified atom stereocenters. The van der Waals surface area contributed by atoms with Crippen LogP contribution >= 0.6 is 0 Å². The zero-order valence-electron chi connectivity index (χ0n) is 18.5. The molecule has 32 heavy (non-hydrogen) atoms. The zero-order valence-corrected chi connectivity index (χ0v) is 18.5. The van der Waals surface area contributed by atoms with Gasteiger partial charge in [-0.3, -0.25) is 4.79 Å². The Hall–Kier alpha value is -2.48. The summed E-state index contributed by atoms with van der Waals surface area (Å²) in [4.78, 5) is 11.3. The summed E-state index contributed by atoms with van der Waals surface area (Å²) in [7, 11) is 0. The molecule has 0 atom stereocenters. The van der Waals surface area contributed by atoms with Crippen molar-refractivity contribution in [2.24, 2.45) is 11.1 Å². The fourth-order valence-corrected chi connectivity index (χ4v) is 3.63. The summed E-state index contributed by atoms with van der Waals surface area (Å²) in [6.45, 7) is 5.23. The predicted octanol–water partition coefficient (Wildman–Crippen LogP) is 6.36. The number of amides is 1. The van der Waals surface area contributed by atoms with Crippen molar-refractivity contribution in [3.63, 3.8) is 0 Å². The maximum absolute atomic E-state index is 14.5. The molecule has 0 radical (unpaired) electrons. The van der Waals surface area contributed by atoms with Crippen LogP contribution in [0, 0.1) is 17.0 Å². The average Bonchev–Trinajstić information content (AvgIpc) is 2.66. The fraction of sp³-hybridized carbons (Fsp3) is 0.458. The molecule has 0 heterocycles. The van der Waals surface area contributed by atoms with Gasteiger partial charge in [-0.05, 0) is 66.5 Å². The third kappa shape index (κ3) is 8.57. The van der Waals surface area contributed by atoms with Gasteiger partial charge in [0.25, 0.3) is 0 Å². The summed E-state index contributed by atoms with van der Waals surface area (Å²) in [6, 6.07) is 9.05. The van der Waals surface area contributed by atoms with Crippen LogP contribution in [0.1, 0.15) is 62.4 Å². The van der Waals surface area contributed by atoms with Gasteiger partial charge in [0.2, 0.25) is 5.91 Å². The third-order valence-electron chi connectivity index (χ3n) is 5.49. The van der Waals surface area contributed by atoms with Crippen LogP contribution in [0.3, 0.4) is 0 Å². The maximum Gasteiger partial charge on any atom is 0.386 e. The quantitative estimate of drug-likeness (QED) is 0.515. The molecule has 2 aromatic rings. The first-order valence-corrected chi connectivity index (χ1v) is 10.4. The lowest BCUT2D eigenvalue weighted by molar-refractivity contribution is -0.110. The van der Waals surface area contributed by atoms with Crippen molar-refractivity contribution in [3.05, 3.63) is 59.2 Å². The maximum atomic E-state index is 14.5. The van der Waals surface area contributed by atoms with E-state index in [1.165, 1.54) is 31.0 Å². The number of benzene rings is 2. The van der Waals surface area contributed by atoms with E-state index in [0.29, 0.717) is 34.7 Å². The molecule has 1 amide bonds. The molecule has 0 bridgehead atoms. The van der Waals surface area contributed by atoms with Crippen molar-refractivity contribution < 1.29 is 26.7 Å². The average molecular weight is 456 g/mol. The highest BCUT2D eigenvalue weighted by Crippen LogP contribution is 2.35. The minimum absolute atomic E-state index is 0.0661. The number of carbonyl (C=O) groups is 1. The largest absolute Gasteiger partial charge is 0.386 e. The summed E-state index contributed by atoms with van der Waals surface area (Å²) in [5.74, 6) is -1.64. The monoisotopic (exact) mass is 456 g/mol. The van der Waals surface area contributed by atoms with Gasteiger partial charge in [0.1, 0.15) is 11.6 Å². The third-order valence-corrected chi connectivity index (χ3v) is 5.49. The Morgan fingerprint density at radius 3 is 2.19 bits per heavy atom. The van der Waals surface area contributed by atoms with E-state index >= 15 is 0 Å². The molecule has 0 saturated heterocycles. The van der Waals surface area contributed by atoms with Crippen LogP contribution in [-0.2, 0) is 6.54 Å². The summed E-state index contributed by atoms with van der Waals surface area (Å²) in [5, 5.41) is 3.45. The van der Waals surface area contributed by atoms with Crippen molar-refractivity contribution in [2.75, 3.05) is 0 Å². The minimum Gasteiger partial charge on any atom is -0.366 e. The number of halogens is 5. The molecule has 1 aliphatic rings. The molecule has 1 aliphatic carbocycles. The Kier molecular flexibility index (Phi) is 8.40. The first kappa shape index (κ1) is 25.8. The normalized spacial score (nSPS) is 16.2. The summed E-state index contributed by atoms with van der Waals surface area (Å²) in [6.07, 6.45) is 0.555. The topological polar surface area (TPSA) is 55.1 Å². The summed E-state index contributed by atoms with van der Waals surface area (Å²) < 4.78 is 59.3. The molecule has 0 aliphatic heterocycles. The smallest absolute Gasteiger partial charge is 0.366 e. The molecule has 2 aromatic carbocycles. The molecule has 3 N–H and O–H groups in total. The van der Waals surface area contributed by atoms with Gasteiger partial charge >= 0.3 is 6.18 Å². The Morgan fingerprint density at radius 1 is 1.06 bits per heavy atom. The molecule has 3 nitrogen and oxygen atoms in total. The van der Waals surface area contributed by atoms with Crippen LogP contribution in [0.5, 0.6) is 0 Å². The number of hydrogen-bond acceptors (Lipinski definition) is 2. The lowest BCUT2D eigenvalue weighted by Crippen LogP contribution is -2.35. The molecular formula is C24H29F5N2O.